The topological polar surface area (TPSA) is 47.4 Å². The average molecular weight is 296 g/mol. The van der Waals surface area contributed by atoms with E-state index >= 15 is 0 Å². The molecule has 4 nitrogen and oxygen atoms in total. The number of aromatic nitrogens is 2. The Hall–Kier alpha value is -1.65. The van der Waals surface area contributed by atoms with Crippen LogP contribution in [0.5, 0.6) is 0 Å². The molecule has 19 heavy (non-hydrogen) atoms. The van der Waals surface area contributed by atoms with E-state index in [2.05, 4.69) is 15.1 Å². The van der Waals surface area contributed by atoms with Crippen LogP contribution in [0.3, 0.4) is 0 Å². The van der Waals surface area contributed by atoms with Crippen molar-refractivity contribution in [3.8, 4) is 11.3 Å². The molecule has 1 aromatic heterocycles. The summed E-state index contributed by atoms with van der Waals surface area (Å²) in [6.45, 7) is 1.81. The summed E-state index contributed by atoms with van der Waals surface area (Å²) in [7, 11) is 1.49. The number of rotatable bonds is 3. The Balaban J connectivity index is 2.43. The van der Waals surface area contributed by atoms with Gasteiger partial charge in [-0.1, -0.05) is 34.4 Å². The number of halogens is 2. The van der Waals surface area contributed by atoms with Crippen LogP contribution in [0, 0.1) is 0 Å². The van der Waals surface area contributed by atoms with Crippen molar-refractivity contribution < 1.29 is 4.84 Å². The highest BCUT2D eigenvalue weighted by atomic mass is 35.5. The lowest BCUT2D eigenvalue weighted by Gasteiger charge is -2.04. The molecule has 0 aliphatic rings. The Morgan fingerprint density at radius 2 is 1.95 bits per heavy atom. The van der Waals surface area contributed by atoms with Crippen LogP contribution in [0.1, 0.15) is 12.6 Å². The quantitative estimate of drug-likeness (QED) is 0.639. The molecule has 0 aliphatic carbocycles. The van der Waals surface area contributed by atoms with Gasteiger partial charge in [0.1, 0.15) is 19.1 Å². The molecule has 0 atom stereocenters. The second-order valence-electron chi connectivity index (χ2n) is 3.78. The normalized spacial score (nSPS) is 11.5. The summed E-state index contributed by atoms with van der Waals surface area (Å²) in [5.41, 5.74) is 2.97. The van der Waals surface area contributed by atoms with E-state index in [4.69, 9.17) is 28.0 Å². The van der Waals surface area contributed by atoms with E-state index in [9.17, 15) is 0 Å². The summed E-state index contributed by atoms with van der Waals surface area (Å²) in [5, 5.41) is 4.84. The van der Waals surface area contributed by atoms with E-state index < -0.39 is 0 Å². The lowest BCUT2D eigenvalue weighted by molar-refractivity contribution is 0.213. The maximum atomic E-state index is 6.00. The first-order valence-electron chi connectivity index (χ1n) is 5.47. The number of hydrogen-bond acceptors (Lipinski definition) is 4. The van der Waals surface area contributed by atoms with Crippen molar-refractivity contribution in [2.24, 2.45) is 5.16 Å². The maximum absolute atomic E-state index is 6.00. The third-order valence-corrected chi connectivity index (χ3v) is 3.22. The van der Waals surface area contributed by atoms with Gasteiger partial charge in [-0.05, 0) is 25.1 Å². The van der Waals surface area contributed by atoms with Gasteiger partial charge in [0.2, 0.25) is 0 Å². The van der Waals surface area contributed by atoms with Gasteiger partial charge in [0.05, 0.1) is 21.4 Å². The zero-order valence-corrected chi connectivity index (χ0v) is 11.9. The Labute approximate surface area is 121 Å². The largest absolute Gasteiger partial charge is 0.399 e. The molecule has 0 spiro atoms. The summed E-state index contributed by atoms with van der Waals surface area (Å²) in [5.74, 6) is 0. The summed E-state index contributed by atoms with van der Waals surface area (Å²) in [6.07, 6.45) is 1.47. The third kappa shape index (κ3) is 3.22. The van der Waals surface area contributed by atoms with Gasteiger partial charge in [0.15, 0.2) is 0 Å². The van der Waals surface area contributed by atoms with Crippen LogP contribution in [-0.2, 0) is 4.84 Å². The minimum absolute atomic E-state index is 0.488. The van der Waals surface area contributed by atoms with Gasteiger partial charge in [-0.25, -0.2) is 9.97 Å². The molecular weight excluding hydrogens is 285 g/mol. The van der Waals surface area contributed by atoms with Crippen LogP contribution in [0.15, 0.2) is 35.7 Å². The fraction of sp³-hybridized carbons (Fsp3) is 0.154. The molecule has 1 aromatic carbocycles. The summed E-state index contributed by atoms with van der Waals surface area (Å²) >= 11 is 11.9. The Morgan fingerprint density at radius 1 is 1.16 bits per heavy atom. The van der Waals surface area contributed by atoms with Crippen LogP contribution in [0.2, 0.25) is 10.0 Å². The maximum Gasteiger partial charge on any atom is 0.116 e. The van der Waals surface area contributed by atoms with E-state index in [1.807, 2.05) is 19.1 Å². The fourth-order valence-corrected chi connectivity index (χ4v) is 1.85. The average Bonchev–Trinajstić information content (AvgIpc) is 2.42. The minimum atomic E-state index is 0.488. The zero-order chi connectivity index (χ0) is 13.8. The Bertz CT molecular complexity index is 629. The lowest BCUT2D eigenvalue weighted by Crippen LogP contribution is -2.00. The molecule has 0 fully saturated rings. The van der Waals surface area contributed by atoms with Crippen molar-refractivity contribution in [3.63, 3.8) is 0 Å². The highest BCUT2D eigenvalue weighted by molar-refractivity contribution is 6.42. The first-order valence-corrected chi connectivity index (χ1v) is 6.23. The molecule has 0 unspecified atom stereocenters. The summed E-state index contributed by atoms with van der Waals surface area (Å²) in [4.78, 5) is 13.1. The first kappa shape index (κ1) is 13.8. The van der Waals surface area contributed by atoms with Crippen LogP contribution >= 0.6 is 23.2 Å². The van der Waals surface area contributed by atoms with Gasteiger partial charge in [-0.2, -0.15) is 0 Å². The molecule has 2 rings (SSSR count). The van der Waals surface area contributed by atoms with Gasteiger partial charge in [0.25, 0.3) is 0 Å². The van der Waals surface area contributed by atoms with E-state index in [0.717, 1.165) is 11.3 Å². The minimum Gasteiger partial charge on any atom is -0.399 e. The molecule has 98 valence electrons. The monoisotopic (exact) mass is 295 g/mol. The number of nitrogens with zero attached hydrogens (tertiary/aromatic N) is 3. The van der Waals surface area contributed by atoms with Crippen molar-refractivity contribution in [1.29, 1.82) is 0 Å². The number of hydrogen-bond donors (Lipinski definition) is 0. The number of benzene rings is 1. The van der Waals surface area contributed by atoms with Crippen LogP contribution in [0.4, 0.5) is 0 Å². The predicted molar refractivity (Wildman–Crippen MR) is 76.7 cm³/mol. The highest BCUT2D eigenvalue weighted by Crippen LogP contribution is 2.27. The summed E-state index contributed by atoms with van der Waals surface area (Å²) in [6, 6.07) is 7.16. The predicted octanol–water partition coefficient (Wildman–Crippen LogP) is 3.82. The van der Waals surface area contributed by atoms with Crippen molar-refractivity contribution in [3.05, 3.63) is 46.3 Å². The van der Waals surface area contributed by atoms with Gasteiger partial charge in [0, 0.05) is 5.56 Å². The number of oxime groups is 1. The second-order valence-corrected chi connectivity index (χ2v) is 4.59. The standard InChI is InChI=1S/C13H11Cl2N3O/c1-8(18-19-2)12-6-13(17-7-16-12)9-3-4-10(14)11(15)5-9/h3-7H,1-2H3/b18-8-. The highest BCUT2D eigenvalue weighted by Gasteiger charge is 2.07. The molecule has 0 saturated carbocycles. The molecule has 0 saturated heterocycles. The van der Waals surface area contributed by atoms with Gasteiger partial charge >= 0.3 is 0 Å². The van der Waals surface area contributed by atoms with Crippen molar-refractivity contribution >= 4 is 28.9 Å². The van der Waals surface area contributed by atoms with Crippen LogP contribution in [-0.4, -0.2) is 22.8 Å². The molecular formula is C13H11Cl2N3O. The van der Waals surface area contributed by atoms with E-state index in [-0.39, 0.29) is 0 Å². The fourth-order valence-electron chi connectivity index (χ4n) is 1.55. The molecule has 0 N–H and O–H groups in total. The molecule has 2 aromatic rings. The smallest absolute Gasteiger partial charge is 0.116 e. The lowest BCUT2D eigenvalue weighted by atomic mass is 10.1. The third-order valence-electron chi connectivity index (χ3n) is 2.48. The van der Waals surface area contributed by atoms with Gasteiger partial charge in [-0.3, -0.25) is 0 Å². The Kier molecular flexibility index (Phi) is 4.35. The molecule has 0 radical (unpaired) electrons. The van der Waals surface area contributed by atoms with Crippen LogP contribution < -0.4 is 0 Å². The molecule has 0 bridgehead atoms. The first-order chi connectivity index (χ1) is 9.11. The summed E-state index contributed by atoms with van der Waals surface area (Å²) < 4.78 is 0. The van der Waals surface area contributed by atoms with E-state index in [1.54, 1.807) is 12.1 Å². The van der Waals surface area contributed by atoms with Crippen molar-refractivity contribution in [2.45, 2.75) is 6.92 Å². The van der Waals surface area contributed by atoms with E-state index in [0.29, 0.717) is 21.5 Å². The van der Waals surface area contributed by atoms with Crippen molar-refractivity contribution in [1.82, 2.24) is 9.97 Å². The Morgan fingerprint density at radius 3 is 2.63 bits per heavy atom. The van der Waals surface area contributed by atoms with Crippen LogP contribution in [0.25, 0.3) is 11.3 Å². The second kappa shape index (κ2) is 5.99. The molecule has 1 heterocycles. The SMILES string of the molecule is CO/N=C(/C)c1cc(-c2ccc(Cl)c(Cl)c2)ncn1. The van der Waals surface area contributed by atoms with E-state index in [1.165, 1.54) is 13.4 Å². The van der Waals surface area contributed by atoms with Crippen molar-refractivity contribution in [2.75, 3.05) is 7.11 Å². The molecule has 0 aliphatic heterocycles. The van der Waals surface area contributed by atoms with Gasteiger partial charge in [-0.15, -0.1) is 0 Å². The van der Waals surface area contributed by atoms with Gasteiger partial charge < -0.3 is 4.84 Å². The zero-order valence-electron chi connectivity index (χ0n) is 10.4. The molecule has 0 amide bonds. The molecule has 6 heteroatoms.